The van der Waals surface area contributed by atoms with E-state index in [0.717, 1.165) is 21.2 Å². The van der Waals surface area contributed by atoms with Gasteiger partial charge in [-0.3, -0.25) is 0 Å². The Bertz CT molecular complexity index is 302. The van der Waals surface area contributed by atoms with Crippen molar-refractivity contribution in [3.05, 3.63) is 33.3 Å². The molecule has 0 spiro atoms. The second-order valence-corrected chi connectivity index (χ2v) is 4.35. The lowest BCUT2D eigenvalue weighted by molar-refractivity contribution is 0.170. The average molecular weight is 258 g/mol. The van der Waals surface area contributed by atoms with Crippen LogP contribution in [0.1, 0.15) is 29.2 Å². The molecule has 3 heteroatoms. The number of halogens is 1. The van der Waals surface area contributed by atoms with Crippen molar-refractivity contribution in [3.63, 3.8) is 0 Å². The molecule has 1 rings (SSSR count). The van der Waals surface area contributed by atoms with Crippen LogP contribution in [0.2, 0.25) is 0 Å². The lowest BCUT2D eigenvalue weighted by Crippen LogP contribution is -2.07. The molecular weight excluding hydrogens is 242 g/mol. The Balaban J connectivity index is 3.00. The molecule has 0 heterocycles. The molecule has 0 aliphatic rings. The maximum Gasteiger partial charge on any atom is 0.0802 e. The lowest BCUT2D eigenvalue weighted by atomic mass is 10.0. The first-order valence-electron chi connectivity index (χ1n) is 4.71. The van der Waals surface area contributed by atoms with E-state index in [1.807, 2.05) is 26.0 Å². The molecule has 0 saturated heterocycles. The third-order valence-electron chi connectivity index (χ3n) is 2.28. The number of hydrogen-bond acceptors (Lipinski definition) is 2. The molecule has 0 saturated carbocycles. The maximum atomic E-state index is 9.76. The number of nitrogens with two attached hydrogens (primary N) is 1. The minimum atomic E-state index is -0.439. The van der Waals surface area contributed by atoms with Crippen LogP contribution in [0.4, 0.5) is 0 Å². The number of aliphatic hydroxyl groups is 1. The summed E-state index contributed by atoms with van der Waals surface area (Å²) < 4.78 is 1.11. The van der Waals surface area contributed by atoms with E-state index in [2.05, 4.69) is 15.9 Å². The number of hydrogen-bond donors (Lipinski definition) is 2. The van der Waals surface area contributed by atoms with E-state index in [9.17, 15) is 5.11 Å². The molecule has 0 aliphatic carbocycles. The fraction of sp³-hybridized carbons (Fsp3) is 0.455. The summed E-state index contributed by atoms with van der Waals surface area (Å²) in [5, 5.41) is 9.76. The first-order chi connectivity index (χ1) is 6.56. The summed E-state index contributed by atoms with van der Waals surface area (Å²) in [6.45, 7) is 4.56. The molecule has 14 heavy (non-hydrogen) atoms. The Morgan fingerprint density at radius 1 is 1.36 bits per heavy atom. The SMILES string of the molecule is Cc1cc(C(O)CCN)cc(C)c1Br. The number of aryl methyl sites for hydroxylation is 2. The average Bonchev–Trinajstić information content (AvgIpc) is 2.13. The molecule has 0 aliphatic heterocycles. The molecule has 78 valence electrons. The van der Waals surface area contributed by atoms with Crippen molar-refractivity contribution in [2.45, 2.75) is 26.4 Å². The minimum absolute atomic E-state index is 0.439. The summed E-state index contributed by atoms with van der Waals surface area (Å²) >= 11 is 3.50. The lowest BCUT2D eigenvalue weighted by Gasteiger charge is -2.13. The molecule has 1 aromatic rings. The van der Waals surface area contributed by atoms with E-state index in [1.165, 1.54) is 0 Å². The molecule has 1 atom stereocenters. The molecule has 2 nitrogen and oxygen atoms in total. The van der Waals surface area contributed by atoms with Crippen LogP contribution in [-0.4, -0.2) is 11.7 Å². The van der Waals surface area contributed by atoms with Crippen LogP contribution in [0.3, 0.4) is 0 Å². The minimum Gasteiger partial charge on any atom is -0.388 e. The summed E-state index contributed by atoms with van der Waals surface area (Å²) in [4.78, 5) is 0. The zero-order valence-corrected chi connectivity index (χ0v) is 10.1. The Morgan fingerprint density at radius 2 is 1.86 bits per heavy atom. The molecule has 1 aromatic carbocycles. The summed E-state index contributed by atoms with van der Waals surface area (Å²) in [5.41, 5.74) is 8.65. The molecule has 0 fully saturated rings. The zero-order chi connectivity index (χ0) is 10.7. The van der Waals surface area contributed by atoms with Gasteiger partial charge in [0.25, 0.3) is 0 Å². The number of benzene rings is 1. The monoisotopic (exact) mass is 257 g/mol. The summed E-state index contributed by atoms with van der Waals surface area (Å²) in [5.74, 6) is 0. The van der Waals surface area contributed by atoms with Gasteiger partial charge >= 0.3 is 0 Å². The van der Waals surface area contributed by atoms with Crippen LogP contribution in [0.25, 0.3) is 0 Å². The van der Waals surface area contributed by atoms with Crippen molar-refractivity contribution >= 4 is 15.9 Å². The predicted molar refractivity (Wildman–Crippen MR) is 62.2 cm³/mol. The zero-order valence-electron chi connectivity index (χ0n) is 8.55. The van der Waals surface area contributed by atoms with Crippen LogP contribution in [-0.2, 0) is 0 Å². The van der Waals surface area contributed by atoms with E-state index in [0.29, 0.717) is 13.0 Å². The third-order valence-corrected chi connectivity index (χ3v) is 3.53. The first-order valence-corrected chi connectivity index (χ1v) is 5.50. The molecule has 1 unspecified atom stereocenters. The molecule has 3 N–H and O–H groups in total. The van der Waals surface area contributed by atoms with Crippen LogP contribution >= 0.6 is 15.9 Å². The van der Waals surface area contributed by atoms with Crippen LogP contribution in [0.15, 0.2) is 16.6 Å². The Kier molecular flexibility index (Phi) is 4.11. The normalized spacial score (nSPS) is 12.9. The van der Waals surface area contributed by atoms with E-state index >= 15 is 0 Å². The van der Waals surface area contributed by atoms with Crippen molar-refractivity contribution in [3.8, 4) is 0 Å². The van der Waals surface area contributed by atoms with Gasteiger partial charge in [-0.05, 0) is 43.5 Å². The van der Waals surface area contributed by atoms with Gasteiger partial charge in [0.1, 0.15) is 0 Å². The molecule has 0 bridgehead atoms. The van der Waals surface area contributed by atoms with Crippen LogP contribution in [0, 0.1) is 13.8 Å². The molecule has 0 aromatic heterocycles. The highest BCUT2D eigenvalue weighted by Gasteiger charge is 2.09. The third kappa shape index (κ3) is 2.56. The molecular formula is C11H16BrNO. The van der Waals surface area contributed by atoms with Gasteiger partial charge < -0.3 is 10.8 Å². The second kappa shape index (κ2) is 4.91. The van der Waals surface area contributed by atoms with Crippen molar-refractivity contribution in [2.75, 3.05) is 6.54 Å². The highest BCUT2D eigenvalue weighted by Crippen LogP contribution is 2.26. The smallest absolute Gasteiger partial charge is 0.0802 e. The fourth-order valence-corrected chi connectivity index (χ4v) is 1.73. The van der Waals surface area contributed by atoms with Crippen LogP contribution < -0.4 is 5.73 Å². The van der Waals surface area contributed by atoms with Gasteiger partial charge in [0.05, 0.1) is 6.10 Å². The molecule has 0 radical (unpaired) electrons. The Hall–Kier alpha value is -0.380. The number of aliphatic hydroxyl groups excluding tert-OH is 1. The number of rotatable bonds is 3. The van der Waals surface area contributed by atoms with Gasteiger partial charge in [0.2, 0.25) is 0 Å². The van der Waals surface area contributed by atoms with Crippen molar-refractivity contribution in [1.82, 2.24) is 0 Å². The van der Waals surface area contributed by atoms with E-state index in [-0.39, 0.29) is 0 Å². The maximum absolute atomic E-state index is 9.76. The van der Waals surface area contributed by atoms with Gasteiger partial charge in [0, 0.05) is 4.47 Å². The van der Waals surface area contributed by atoms with Crippen molar-refractivity contribution in [2.24, 2.45) is 5.73 Å². The standard InChI is InChI=1S/C11H16BrNO/c1-7-5-9(10(14)3-4-13)6-8(2)11(7)12/h5-6,10,14H,3-4,13H2,1-2H3. The van der Waals surface area contributed by atoms with E-state index < -0.39 is 6.10 Å². The van der Waals surface area contributed by atoms with E-state index in [4.69, 9.17) is 5.73 Å². The largest absolute Gasteiger partial charge is 0.388 e. The van der Waals surface area contributed by atoms with Crippen molar-refractivity contribution in [1.29, 1.82) is 0 Å². The van der Waals surface area contributed by atoms with Gasteiger partial charge in [-0.2, -0.15) is 0 Å². The van der Waals surface area contributed by atoms with Gasteiger partial charge in [-0.15, -0.1) is 0 Å². The van der Waals surface area contributed by atoms with Gasteiger partial charge in [-0.1, -0.05) is 28.1 Å². The van der Waals surface area contributed by atoms with Gasteiger partial charge in [-0.25, -0.2) is 0 Å². The predicted octanol–water partition coefficient (Wildman–Crippen LogP) is 2.45. The van der Waals surface area contributed by atoms with E-state index in [1.54, 1.807) is 0 Å². The van der Waals surface area contributed by atoms with Crippen molar-refractivity contribution < 1.29 is 5.11 Å². The first kappa shape index (κ1) is 11.7. The topological polar surface area (TPSA) is 46.2 Å². The Labute approximate surface area is 93.3 Å². The van der Waals surface area contributed by atoms with Crippen LogP contribution in [0.5, 0.6) is 0 Å². The Morgan fingerprint density at radius 3 is 2.29 bits per heavy atom. The summed E-state index contributed by atoms with van der Waals surface area (Å²) in [6, 6.07) is 3.99. The summed E-state index contributed by atoms with van der Waals surface area (Å²) in [6.07, 6.45) is 0.172. The summed E-state index contributed by atoms with van der Waals surface area (Å²) in [7, 11) is 0. The quantitative estimate of drug-likeness (QED) is 0.874. The second-order valence-electron chi connectivity index (χ2n) is 3.56. The molecule has 0 amide bonds. The highest BCUT2D eigenvalue weighted by atomic mass is 79.9. The fourth-order valence-electron chi connectivity index (χ4n) is 1.50. The highest BCUT2D eigenvalue weighted by molar-refractivity contribution is 9.10. The van der Waals surface area contributed by atoms with Gasteiger partial charge in [0.15, 0.2) is 0 Å².